The predicted octanol–water partition coefficient (Wildman–Crippen LogP) is 4.26. The summed E-state index contributed by atoms with van der Waals surface area (Å²) in [4.78, 5) is 0. The van der Waals surface area contributed by atoms with Crippen LogP contribution in [0.15, 0.2) is 18.2 Å². The first kappa shape index (κ1) is 15.0. The number of aliphatic hydroxyl groups excluding tert-OH is 1. The van der Waals surface area contributed by atoms with Crippen LogP contribution in [0.3, 0.4) is 0 Å². The molecule has 0 radical (unpaired) electrons. The number of hydrogen-bond acceptors (Lipinski definition) is 2. The summed E-state index contributed by atoms with van der Waals surface area (Å²) in [6.45, 7) is 7.12. The molecule has 1 aromatic rings. The quantitative estimate of drug-likeness (QED) is 0.747. The molecule has 0 bridgehead atoms. The van der Waals surface area contributed by atoms with E-state index >= 15 is 0 Å². The standard InChI is InChI=1S/C16H26O2/c1-4-7-8-13(5-2)14-9-10-15(12-17)16(11-14)18-6-3/h9-11,13,17H,4-8,12H2,1-3H3. The molecule has 1 unspecified atom stereocenters. The molecule has 0 fully saturated rings. The molecule has 0 aromatic heterocycles. The van der Waals surface area contributed by atoms with Gasteiger partial charge >= 0.3 is 0 Å². The van der Waals surface area contributed by atoms with Gasteiger partial charge in [-0.15, -0.1) is 0 Å². The van der Waals surface area contributed by atoms with E-state index in [0.717, 1.165) is 17.7 Å². The van der Waals surface area contributed by atoms with Crippen molar-refractivity contribution in [3.8, 4) is 5.75 Å². The van der Waals surface area contributed by atoms with Crippen LogP contribution >= 0.6 is 0 Å². The van der Waals surface area contributed by atoms with Crippen LogP contribution in [0.4, 0.5) is 0 Å². The molecule has 102 valence electrons. The maximum absolute atomic E-state index is 9.29. The van der Waals surface area contributed by atoms with Gasteiger partial charge in [-0.25, -0.2) is 0 Å². The Morgan fingerprint density at radius 2 is 2.00 bits per heavy atom. The second kappa shape index (κ2) is 8.15. The van der Waals surface area contributed by atoms with Gasteiger partial charge in [-0.1, -0.05) is 38.8 Å². The van der Waals surface area contributed by atoms with E-state index in [0.29, 0.717) is 12.5 Å². The van der Waals surface area contributed by atoms with Gasteiger partial charge < -0.3 is 9.84 Å². The Labute approximate surface area is 111 Å². The summed E-state index contributed by atoms with van der Waals surface area (Å²) in [6, 6.07) is 6.24. The van der Waals surface area contributed by atoms with Gasteiger partial charge in [-0.05, 0) is 37.3 Å². The Morgan fingerprint density at radius 1 is 1.22 bits per heavy atom. The number of unbranched alkanes of at least 4 members (excludes halogenated alkanes) is 1. The summed E-state index contributed by atoms with van der Waals surface area (Å²) in [5.41, 5.74) is 2.22. The van der Waals surface area contributed by atoms with E-state index in [2.05, 4.69) is 26.0 Å². The van der Waals surface area contributed by atoms with Gasteiger partial charge in [0.15, 0.2) is 0 Å². The van der Waals surface area contributed by atoms with Crippen LogP contribution in [0.2, 0.25) is 0 Å². The Morgan fingerprint density at radius 3 is 2.56 bits per heavy atom. The van der Waals surface area contributed by atoms with Crippen molar-refractivity contribution in [1.82, 2.24) is 0 Å². The van der Waals surface area contributed by atoms with Gasteiger partial charge in [0.2, 0.25) is 0 Å². The molecular weight excluding hydrogens is 224 g/mol. The minimum Gasteiger partial charge on any atom is -0.493 e. The Bertz CT molecular complexity index is 347. The highest BCUT2D eigenvalue weighted by Crippen LogP contribution is 2.30. The van der Waals surface area contributed by atoms with Gasteiger partial charge in [0.05, 0.1) is 13.2 Å². The average Bonchev–Trinajstić information content (AvgIpc) is 2.40. The second-order valence-electron chi connectivity index (χ2n) is 4.71. The number of benzene rings is 1. The molecule has 0 aliphatic rings. The van der Waals surface area contributed by atoms with Crippen molar-refractivity contribution in [3.05, 3.63) is 29.3 Å². The van der Waals surface area contributed by atoms with Crippen LogP contribution in [0.5, 0.6) is 5.75 Å². The lowest BCUT2D eigenvalue weighted by Crippen LogP contribution is -2.02. The molecule has 2 nitrogen and oxygen atoms in total. The molecule has 0 amide bonds. The zero-order chi connectivity index (χ0) is 13.4. The van der Waals surface area contributed by atoms with Crippen LogP contribution < -0.4 is 4.74 Å². The number of aliphatic hydroxyl groups is 1. The number of rotatable bonds is 8. The van der Waals surface area contributed by atoms with Crippen LogP contribution in [-0.2, 0) is 6.61 Å². The smallest absolute Gasteiger partial charge is 0.125 e. The fourth-order valence-corrected chi connectivity index (χ4v) is 2.30. The fourth-order valence-electron chi connectivity index (χ4n) is 2.30. The lowest BCUT2D eigenvalue weighted by Gasteiger charge is -2.17. The zero-order valence-corrected chi connectivity index (χ0v) is 11.9. The lowest BCUT2D eigenvalue weighted by molar-refractivity contribution is 0.267. The number of hydrogen-bond donors (Lipinski definition) is 1. The van der Waals surface area contributed by atoms with Crippen LogP contribution in [-0.4, -0.2) is 11.7 Å². The summed E-state index contributed by atoms with van der Waals surface area (Å²) in [7, 11) is 0. The normalized spacial score (nSPS) is 12.4. The van der Waals surface area contributed by atoms with Crippen molar-refractivity contribution >= 4 is 0 Å². The summed E-state index contributed by atoms with van der Waals surface area (Å²) >= 11 is 0. The van der Waals surface area contributed by atoms with Crippen LogP contribution in [0.1, 0.15) is 63.5 Å². The van der Waals surface area contributed by atoms with Crippen molar-refractivity contribution in [3.63, 3.8) is 0 Å². The van der Waals surface area contributed by atoms with Gasteiger partial charge in [0.1, 0.15) is 5.75 Å². The van der Waals surface area contributed by atoms with Gasteiger partial charge in [0, 0.05) is 5.56 Å². The molecule has 0 saturated heterocycles. The van der Waals surface area contributed by atoms with Crippen molar-refractivity contribution in [2.24, 2.45) is 0 Å². The molecule has 1 rings (SSSR count). The third-order valence-corrected chi connectivity index (χ3v) is 3.43. The highest BCUT2D eigenvalue weighted by molar-refractivity contribution is 5.38. The molecule has 0 spiro atoms. The molecule has 0 aliphatic heterocycles. The molecular formula is C16H26O2. The molecule has 1 atom stereocenters. The minimum absolute atomic E-state index is 0.0430. The van der Waals surface area contributed by atoms with E-state index in [4.69, 9.17) is 4.74 Å². The maximum Gasteiger partial charge on any atom is 0.125 e. The third kappa shape index (κ3) is 4.02. The highest BCUT2D eigenvalue weighted by atomic mass is 16.5. The van der Waals surface area contributed by atoms with E-state index in [1.54, 1.807) is 0 Å². The van der Waals surface area contributed by atoms with Crippen molar-refractivity contribution in [1.29, 1.82) is 0 Å². The molecule has 0 aliphatic carbocycles. The van der Waals surface area contributed by atoms with E-state index in [-0.39, 0.29) is 6.61 Å². The first-order valence-corrected chi connectivity index (χ1v) is 7.13. The SMILES string of the molecule is CCCCC(CC)c1ccc(CO)c(OCC)c1. The summed E-state index contributed by atoms with van der Waals surface area (Å²) in [6.07, 6.45) is 4.90. The van der Waals surface area contributed by atoms with Crippen LogP contribution in [0, 0.1) is 0 Å². The summed E-state index contributed by atoms with van der Waals surface area (Å²) in [5.74, 6) is 1.45. The monoisotopic (exact) mass is 250 g/mol. The third-order valence-electron chi connectivity index (χ3n) is 3.43. The summed E-state index contributed by atoms with van der Waals surface area (Å²) < 4.78 is 5.61. The summed E-state index contributed by atoms with van der Waals surface area (Å²) in [5, 5.41) is 9.29. The van der Waals surface area contributed by atoms with E-state index < -0.39 is 0 Å². The second-order valence-corrected chi connectivity index (χ2v) is 4.71. The Kier molecular flexibility index (Phi) is 6.81. The molecule has 1 N–H and O–H groups in total. The largest absolute Gasteiger partial charge is 0.493 e. The van der Waals surface area contributed by atoms with E-state index in [1.165, 1.54) is 24.8 Å². The molecule has 0 saturated carbocycles. The van der Waals surface area contributed by atoms with Crippen molar-refractivity contribution in [2.45, 2.75) is 59.0 Å². The molecule has 18 heavy (non-hydrogen) atoms. The average molecular weight is 250 g/mol. The zero-order valence-electron chi connectivity index (χ0n) is 11.9. The van der Waals surface area contributed by atoms with Gasteiger partial charge in [-0.2, -0.15) is 0 Å². The topological polar surface area (TPSA) is 29.5 Å². The first-order valence-electron chi connectivity index (χ1n) is 7.13. The fraction of sp³-hybridized carbons (Fsp3) is 0.625. The van der Waals surface area contributed by atoms with E-state index in [1.807, 2.05) is 13.0 Å². The maximum atomic E-state index is 9.29. The van der Waals surface area contributed by atoms with Crippen molar-refractivity contribution < 1.29 is 9.84 Å². The molecule has 0 heterocycles. The molecule has 1 aromatic carbocycles. The Hall–Kier alpha value is -1.02. The number of ether oxygens (including phenoxy) is 1. The lowest BCUT2D eigenvalue weighted by atomic mass is 9.90. The van der Waals surface area contributed by atoms with E-state index in [9.17, 15) is 5.11 Å². The van der Waals surface area contributed by atoms with Crippen molar-refractivity contribution in [2.75, 3.05) is 6.61 Å². The minimum atomic E-state index is 0.0430. The Balaban J connectivity index is 2.90. The molecule has 2 heteroatoms. The first-order chi connectivity index (χ1) is 8.76. The highest BCUT2D eigenvalue weighted by Gasteiger charge is 2.12. The van der Waals surface area contributed by atoms with Crippen LogP contribution in [0.25, 0.3) is 0 Å². The van der Waals surface area contributed by atoms with Gasteiger partial charge in [0.25, 0.3) is 0 Å². The van der Waals surface area contributed by atoms with Gasteiger partial charge in [-0.3, -0.25) is 0 Å². The predicted molar refractivity (Wildman–Crippen MR) is 76.1 cm³/mol.